The van der Waals surface area contributed by atoms with Gasteiger partial charge < -0.3 is 5.32 Å². The molecule has 0 bridgehead atoms. The second-order valence-corrected chi connectivity index (χ2v) is 9.26. The van der Waals surface area contributed by atoms with Gasteiger partial charge in [0.05, 0.1) is 18.0 Å². The van der Waals surface area contributed by atoms with Crippen molar-refractivity contribution in [2.45, 2.75) is 53.1 Å². The first kappa shape index (κ1) is 22.0. The van der Waals surface area contributed by atoms with E-state index in [4.69, 9.17) is 0 Å². The maximum Gasteiger partial charge on any atom is 0.244 e. The van der Waals surface area contributed by atoms with Crippen LogP contribution in [0.2, 0.25) is 0 Å². The number of carbonyl (C=O) groups excluding carboxylic acids is 1. The first-order chi connectivity index (χ1) is 13.0. The number of nitrogens with zero attached hydrogens (tertiary/aromatic N) is 1. The average molecular weight is 403 g/mol. The second kappa shape index (κ2) is 8.78. The topological polar surface area (TPSA) is 66.5 Å². The van der Waals surface area contributed by atoms with Crippen LogP contribution in [0.4, 0.5) is 5.69 Å². The molecule has 0 unspecified atom stereocenters. The Morgan fingerprint density at radius 3 is 2.11 bits per heavy atom. The lowest BCUT2D eigenvalue weighted by Crippen LogP contribution is -2.48. The van der Waals surface area contributed by atoms with Gasteiger partial charge in [0.1, 0.15) is 6.04 Å². The number of aryl methyl sites for hydroxylation is 3. The predicted molar refractivity (Wildman–Crippen MR) is 115 cm³/mol. The predicted octanol–water partition coefficient (Wildman–Crippen LogP) is 4.03. The third-order valence-corrected chi connectivity index (χ3v) is 6.14. The fraction of sp³-hybridized carbons (Fsp3) is 0.409. The van der Waals surface area contributed by atoms with Gasteiger partial charge in [-0.3, -0.25) is 9.10 Å². The normalized spacial score (nSPS) is 13.6. The lowest BCUT2D eigenvalue weighted by Gasteiger charge is -2.30. The Balaban J connectivity index is 2.30. The summed E-state index contributed by atoms with van der Waals surface area (Å²) in [5, 5.41) is 3.03. The fourth-order valence-corrected chi connectivity index (χ4v) is 4.58. The molecular formula is C22H30N2O3S. The van der Waals surface area contributed by atoms with Crippen LogP contribution in [0, 0.1) is 20.8 Å². The lowest BCUT2D eigenvalue weighted by atomic mass is 9.97. The molecular weight excluding hydrogens is 372 g/mol. The third-order valence-electron chi connectivity index (χ3n) is 4.90. The summed E-state index contributed by atoms with van der Waals surface area (Å²) in [6, 6.07) is 12.2. The highest BCUT2D eigenvalue weighted by Gasteiger charge is 2.30. The van der Waals surface area contributed by atoms with Crippen LogP contribution < -0.4 is 9.62 Å². The van der Waals surface area contributed by atoms with Gasteiger partial charge in [0, 0.05) is 0 Å². The molecule has 0 aliphatic carbocycles. The van der Waals surface area contributed by atoms with Crippen LogP contribution in [-0.2, 0) is 14.8 Å². The number of sulfonamides is 1. The lowest BCUT2D eigenvalue weighted by molar-refractivity contribution is -0.122. The molecule has 2 rings (SSSR count). The van der Waals surface area contributed by atoms with Crippen LogP contribution in [-0.4, -0.2) is 26.6 Å². The van der Waals surface area contributed by atoms with Crippen LogP contribution in [0.3, 0.4) is 0 Å². The van der Waals surface area contributed by atoms with Crippen molar-refractivity contribution in [3.63, 3.8) is 0 Å². The number of carbonyl (C=O) groups is 1. The Morgan fingerprint density at radius 1 is 1.04 bits per heavy atom. The van der Waals surface area contributed by atoms with Gasteiger partial charge >= 0.3 is 0 Å². The summed E-state index contributed by atoms with van der Waals surface area (Å²) in [5.41, 5.74) is 4.83. The molecule has 6 heteroatoms. The molecule has 0 aliphatic rings. The molecule has 2 aromatic carbocycles. The number of hydrogen-bond donors (Lipinski definition) is 1. The van der Waals surface area contributed by atoms with Gasteiger partial charge in [0.15, 0.2) is 0 Å². The Labute approximate surface area is 168 Å². The second-order valence-electron chi connectivity index (χ2n) is 7.40. The first-order valence-corrected chi connectivity index (χ1v) is 11.3. The smallest absolute Gasteiger partial charge is 0.244 e. The molecule has 0 fully saturated rings. The molecule has 0 aromatic heterocycles. The maximum atomic E-state index is 13.0. The van der Waals surface area contributed by atoms with Crippen molar-refractivity contribution in [2.75, 3.05) is 10.6 Å². The molecule has 1 amide bonds. The summed E-state index contributed by atoms with van der Waals surface area (Å²) in [6.45, 7) is 9.61. The molecule has 0 heterocycles. The Hall–Kier alpha value is -2.34. The number of hydrogen-bond acceptors (Lipinski definition) is 3. The molecule has 2 atom stereocenters. The van der Waals surface area contributed by atoms with Gasteiger partial charge in [-0.05, 0) is 57.4 Å². The quantitative estimate of drug-likeness (QED) is 0.760. The molecule has 152 valence electrons. The summed E-state index contributed by atoms with van der Waals surface area (Å²) in [4.78, 5) is 13.0. The molecule has 0 saturated heterocycles. The molecule has 0 aliphatic heterocycles. The molecule has 0 spiro atoms. The minimum absolute atomic E-state index is 0.171. The van der Waals surface area contributed by atoms with E-state index in [1.807, 2.05) is 52.0 Å². The van der Waals surface area contributed by atoms with Crippen LogP contribution in [0.1, 0.15) is 48.6 Å². The maximum absolute atomic E-state index is 13.0. The number of benzene rings is 2. The summed E-state index contributed by atoms with van der Waals surface area (Å²) in [5.74, 6) is -0.321. The molecule has 5 nitrogen and oxygen atoms in total. The van der Waals surface area contributed by atoms with Crippen molar-refractivity contribution in [2.24, 2.45) is 0 Å². The van der Waals surface area contributed by atoms with E-state index in [0.29, 0.717) is 12.1 Å². The van der Waals surface area contributed by atoms with Crippen LogP contribution in [0.25, 0.3) is 0 Å². The fourth-order valence-electron chi connectivity index (χ4n) is 3.41. The van der Waals surface area contributed by atoms with Gasteiger partial charge in [-0.1, -0.05) is 48.4 Å². The first-order valence-electron chi connectivity index (χ1n) is 9.48. The largest absolute Gasteiger partial charge is 0.347 e. The summed E-state index contributed by atoms with van der Waals surface area (Å²) >= 11 is 0. The van der Waals surface area contributed by atoms with Crippen molar-refractivity contribution in [3.8, 4) is 0 Å². The van der Waals surface area contributed by atoms with E-state index >= 15 is 0 Å². The van der Waals surface area contributed by atoms with Crippen molar-refractivity contribution in [3.05, 3.63) is 64.7 Å². The van der Waals surface area contributed by atoms with Crippen molar-refractivity contribution < 1.29 is 13.2 Å². The number of anilines is 1. The number of nitrogens with one attached hydrogen (secondary N) is 1. The van der Waals surface area contributed by atoms with Crippen LogP contribution >= 0.6 is 0 Å². The van der Waals surface area contributed by atoms with Crippen LogP contribution in [0.15, 0.2) is 42.5 Å². The highest BCUT2D eigenvalue weighted by Crippen LogP contribution is 2.24. The van der Waals surface area contributed by atoms with Gasteiger partial charge in [-0.15, -0.1) is 0 Å². The highest BCUT2D eigenvalue weighted by molar-refractivity contribution is 7.92. The minimum Gasteiger partial charge on any atom is -0.347 e. The molecule has 0 saturated carbocycles. The summed E-state index contributed by atoms with van der Waals surface area (Å²) < 4.78 is 26.0. The number of amides is 1. The van der Waals surface area contributed by atoms with Crippen LogP contribution in [0.5, 0.6) is 0 Å². The zero-order valence-corrected chi connectivity index (χ0v) is 18.3. The third kappa shape index (κ3) is 5.13. The molecule has 2 aromatic rings. The van der Waals surface area contributed by atoms with Gasteiger partial charge in [-0.2, -0.15) is 0 Å². The highest BCUT2D eigenvalue weighted by atomic mass is 32.2. The summed E-state index contributed by atoms with van der Waals surface area (Å²) in [6.07, 6.45) is 1.84. The SMILES string of the molecule is CC[C@H](NC(=O)[C@H](C)N(c1ccc(C)cc1)S(C)(=O)=O)c1ccc(C)cc1C. The van der Waals surface area contributed by atoms with Gasteiger partial charge in [-0.25, -0.2) is 8.42 Å². The Kier molecular flexibility index (Phi) is 6.88. The van der Waals surface area contributed by atoms with E-state index in [2.05, 4.69) is 11.4 Å². The summed E-state index contributed by atoms with van der Waals surface area (Å²) in [7, 11) is -3.62. The molecule has 0 radical (unpaired) electrons. The zero-order chi connectivity index (χ0) is 21.1. The Morgan fingerprint density at radius 2 is 1.61 bits per heavy atom. The van der Waals surface area contributed by atoms with Gasteiger partial charge in [0.25, 0.3) is 0 Å². The van der Waals surface area contributed by atoms with Crippen molar-refractivity contribution >= 4 is 21.6 Å². The van der Waals surface area contributed by atoms with Crippen molar-refractivity contribution in [1.82, 2.24) is 5.32 Å². The van der Waals surface area contributed by atoms with Gasteiger partial charge in [0.2, 0.25) is 15.9 Å². The average Bonchev–Trinajstić information content (AvgIpc) is 2.60. The molecule has 28 heavy (non-hydrogen) atoms. The van der Waals surface area contributed by atoms with E-state index in [1.54, 1.807) is 19.1 Å². The van der Waals surface area contributed by atoms with E-state index in [1.165, 1.54) is 9.87 Å². The number of rotatable bonds is 7. The van der Waals surface area contributed by atoms with E-state index in [0.717, 1.165) is 22.9 Å². The van der Waals surface area contributed by atoms with E-state index in [-0.39, 0.29) is 11.9 Å². The van der Waals surface area contributed by atoms with E-state index in [9.17, 15) is 13.2 Å². The zero-order valence-electron chi connectivity index (χ0n) is 17.5. The Bertz CT molecular complexity index is 937. The standard InChI is InChI=1S/C22H30N2O3S/c1-7-21(20-13-10-16(3)14-17(20)4)23-22(25)18(5)24(28(6,26)27)19-11-8-15(2)9-12-19/h8-14,18,21H,7H2,1-6H3,(H,23,25)/t18-,21-/m0/s1. The van der Waals surface area contributed by atoms with Crippen molar-refractivity contribution in [1.29, 1.82) is 0 Å². The minimum atomic E-state index is -3.62. The monoisotopic (exact) mass is 402 g/mol. The molecule has 1 N–H and O–H groups in total. The van der Waals surface area contributed by atoms with E-state index < -0.39 is 16.1 Å².